The summed E-state index contributed by atoms with van der Waals surface area (Å²) in [6.45, 7) is 4.76. The third-order valence-electron chi connectivity index (χ3n) is 3.62. The number of hydrogen-bond acceptors (Lipinski definition) is 2. The molecule has 2 aromatic rings. The second-order valence-electron chi connectivity index (χ2n) is 5.41. The van der Waals surface area contributed by atoms with Gasteiger partial charge in [-0.2, -0.15) is 0 Å². The van der Waals surface area contributed by atoms with Crippen LogP contribution in [-0.4, -0.2) is 33.7 Å². The Morgan fingerprint density at radius 1 is 1.26 bits per heavy atom. The van der Waals surface area contributed by atoms with Crippen molar-refractivity contribution in [2.45, 2.75) is 32.9 Å². The Labute approximate surface area is 155 Å². The topological polar surface area (TPSA) is 59.2 Å². The summed E-state index contributed by atoms with van der Waals surface area (Å²) in [5, 5.41) is 6.67. The normalized spacial score (nSPS) is 11.2. The largest absolute Gasteiger partial charge is 0.357 e. The molecule has 0 bridgehead atoms. The molecule has 0 fully saturated rings. The third-order valence-corrected chi connectivity index (χ3v) is 3.62. The first-order valence-electron chi connectivity index (χ1n) is 7.72. The predicted octanol–water partition coefficient (Wildman–Crippen LogP) is 2.29. The Morgan fingerprint density at radius 3 is 2.70 bits per heavy atom. The van der Waals surface area contributed by atoms with Crippen molar-refractivity contribution in [2.75, 3.05) is 13.6 Å². The minimum Gasteiger partial charge on any atom is -0.357 e. The van der Waals surface area contributed by atoms with Gasteiger partial charge in [0.05, 0.1) is 0 Å². The molecule has 0 amide bonds. The highest BCUT2D eigenvalue weighted by molar-refractivity contribution is 14.0. The Bertz CT molecular complexity index is 601. The van der Waals surface area contributed by atoms with Crippen LogP contribution in [-0.2, 0) is 20.1 Å². The van der Waals surface area contributed by atoms with E-state index in [1.54, 1.807) is 7.05 Å². The molecule has 7 heteroatoms. The van der Waals surface area contributed by atoms with Gasteiger partial charge < -0.3 is 19.8 Å². The molecule has 0 aromatic carbocycles. The number of nitrogens with one attached hydrogen (secondary N) is 2. The van der Waals surface area contributed by atoms with Crippen LogP contribution in [0.25, 0.3) is 0 Å². The van der Waals surface area contributed by atoms with E-state index in [1.165, 1.54) is 5.56 Å². The molecule has 0 aliphatic rings. The zero-order valence-corrected chi connectivity index (χ0v) is 16.4. The van der Waals surface area contributed by atoms with Crippen LogP contribution in [0.2, 0.25) is 0 Å². The molecule has 0 unspecified atom stereocenters. The first-order valence-corrected chi connectivity index (χ1v) is 7.72. The van der Waals surface area contributed by atoms with Crippen molar-refractivity contribution in [3.8, 4) is 0 Å². The molecule has 6 nitrogen and oxygen atoms in total. The fourth-order valence-electron chi connectivity index (χ4n) is 2.33. The molecule has 2 heterocycles. The summed E-state index contributed by atoms with van der Waals surface area (Å²) in [4.78, 5) is 8.47. The van der Waals surface area contributed by atoms with Crippen LogP contribution in [0.15, 0.2) is 35.8 Å². The molecule has 2 N–H and O–H groups in total. The molecule has 0 aliphatic carbocycles. The van der Waals surface area contributed by atoms with Crippen molar-refractivity contribution < 1.29 is 0 Å². The second-order valence-corrected chi connectivity index (χ2v) is 5.41. The molecule has 0 atom stereocenters. The van der Waals surface area contributed by atoms with E-state index < -0.39 is 0 Å². The van der Waals surface area contributed by atoms with Crippen LogP contribution in [0.1, 0.15) is 24.2 Å². The van der Waals surface area contributed by atoms with Gasteiger partial charge in [0.1, 0.15) is 5.82 Å². The monoisotopic (exact) mass is 430 g/mol. The predicted molar refractivity (Wildman–Crippen MR) is 105 cm³/mol. The quantitative estimate of drug-likeness (QED) is 0.307. The van der Waals surface area contributed by atoms with E-state index in [-0.39, 0.29) is 24.0 Å². The van der Waals surface area contributed by atoms with Gasteiger partial charge in [0, 0.05) is 58.5 Å². The first kappa shape index (κ1) is 19.5. The summed E-state index contributed by atoms with van der Waals surface area (Å²) >= 11 is 0. The molecule has 128 valence electrons. The maximum Gasteiger partial charge on any atom is 0.191 e. The fraction of sp³-hybridized carbons (Fsp3) is 0.500. The number of aryl methyl sites for hydroxylation is 3. The van der Waals surface area contributed by atoms with Gasteiger partial charge in [0.25, 0.3) is 0 Å². The molecule has 2 rings (SSSR count). The van der Waals surface area contributed by atoms with Crippen LogP contribution in [0.5, 0.6) is 0 Å². The van der Waals surface area contributed by atoms with Gasteiger partial charge in [-0.05, 0) is 31.4 Å². The Hall–Kier alpha value is -1.51. The van der Waals surface area contributed by atoms with Gasteiger partial charge in [-0.15, -0.1) is 24.0 Å². The van der Waals surface area contributed by atoms with Crippen LogP contribution in [0.3, 0.4) is 0 Å². The highest BCUT2D eigenvalue weighted by Gasteiger charge is 2.00. The van der Waals surface area contributed by atoms with Crippen LogP contribution < -0.4 is 10.6 Å². The lowest BCUT2D eigenvalue weighted by Gasteiger charge is -2.11. The van der Waals surface area contributed by atoms with Crippen molar-refractivity contribution in [3.63, 3.8) is 0 Å². The molecule has 0 saturated heterocycles. The lowest BCUT2D eigenvalue weighted by Crippen LogP contribution is -2.37. The van der Waals surface area contributed by atoms with E-state index in [0.717, 1.165) is 44.3 Å². The van der Waals surface area contributed by atoms with E-state index in [0.29, 0.717) is 0 Å². The average Bonchev–Trinajstić information content (AvgIpc) is 3.11. The van der Waals surface area contributed by atoms with Crippen LogP contribution >= 0.6 is 24.0 Å². The van der Waals surface area contributed by atoms with Gasteiger partial charge in [-0.3, -0.25) is 4.99 Å². The molecular formula is C16H27IN6. The minimum absolute atomic E-state index is 0. The summed E-state index contributed by atoms with van der Waals surface area (Å²) < 4.78 is 4.23. The Balaban J connectivity index is 0.00000264. The fourth-order valence-corrected chi connectivity index (χ4v) is 2.33. The van der Waals surface area contributed by atoms with Gasteiger partial charge in [0.15, 0.2) is 5.96 Å². The Morgan fingerprint density at radius 2 is 2.09 bits per heavy atom. The van der Waals surface area contributed by atoms with E-state index in [1.807, 2.05) is 37.1 Å². The average molecular weight is 430 g/mol. The number of unbranched alkanes of at least 4 members (excludes halogenated alkanes) is 1. The molecule has 0 aliphatic heterocycles. The molecule has 0 radical (unpaired) electrons. The van der Waals surface area contributed by atoms with Gasteiger partial charge in [-0.1, -0.05) is 0 Å². The number of nitrogens with zero attached hydrogens (tertiary/aromatic N) is 4. The van der Waals surface area contributed by atoms with Crippen molar-refractivity contribution >= 4 is 29.9 Å². The number of imidazole rings is 1. The summed E-state index contributed by atoms with van der Waals surface area (Å²) in [5.41, 5.74) is 1.25. The van der Waals surface area contributed by atoms with Crippen molar-refractivity contribution in [1.29, 1.82) is 0 Å². The summed E-state index contributed by atoms with van der Waals surface area (Å²) in [6.07, 6.45) is 10.3. The third kappa shape index (κ3) is 6.64. The molecule has 0 spiro atoms. The standard InChI is InChI=1S/C16H26N6.HI/c1-14-18-8-11-22(14)9-5-4-7-19-16(17-2)20-12-15-6-10-21(3)13-15;/h6,8,10-11,13H,4-5,7,9,12H2,1-3H3,(H2,17,19,20);1H. The highest BCUT2D eigenvalue weighted by Crippen LogP contribution is 2.00. The molecule has 0 saturated carbocycles. The Kier molecular flexibility index (Phi) is 8.75. The number of halogens is 1. The van der Waals surface area contributed by atoms with E-state index in [2.05, 4.69) is 37.4 Å². The van der Waals surface area contributed by atoms with Crippen molar-refractivity contribution in [3.05, 3.63) is 42.2 Å². The van der Waals surface area contributed by atoms with Gasteiger partial charge >= 0.3 is 0 Å². The smallest absolute Gasteiger partial charge is 0.191 e. The number of hydrogen-bond donors (Lipinski definition) is 2. The summed E-state index contributed by atoms with van der Waals surface area (Å²) in [6, 6.07) is 2.10. The SMILES string of the molecule is CN=C(NCCCCn1ccnc1C)NCc1ccn(C)c1.I. The van der Waals surface area contributed by atoms with Gasteiger partial charge in [-0.25, -0.2) is 4.98 Å². The maximum atomic E-state index is 4.24. The number of aromatic nitrogens is 3. The molecule has 23 heavy (non-hydrogen) atoms. The number of guanidine groups is 1. The summed E-state index contributed by atoms with van der Waals surface area (Å²) in [5.74, 6) is 1.93. The van der Waals surface area contributed by atoms with Crippen LogP contribution in [0, 0.1) is 6.92 Å². The lowest BCUT2D eigenvalue weighted by molar-refractivity contribution is 0.588. The number of aliphatic imine (C=N–C) groups is 1. The van der Waals surface area contributed by atoms with Crippen molar-refractivity contribution in [1.82, 2.24) is 24.8 Å². The maximum absolute atomic E-state index is 4.24. The molecule has 2 aromatic heterocycles. The molecular weight excluding hydrogens is 403 g/mol. The summed E-state index contributed by atoms with van der Waals surface area (Å²) in [7, 11) is 3.83. The second kappa shape index (κ2) is 10.3. The van der Waals surface area contributed by atoms with E-state index in [9.17, 15) is 0 Å². The van der Waals surface area contributed by atoms with Crippen LogP contribution in [0.4, 0.5) is 0 Å². The van der Waals surface area contributed by atoms with Gasteiger partial charge in [0.2, 0.25) is 0 Å². The zero-order chi connectivity index (χ0) is 15.8. The highest BCUT2D eigenvalue weighted by atomic mass is 127. The minimum atomic E-state index is 0. The zero-order valence-electron chi connectivity index (χ0n) is 14.1. The first-order chi connectivity index (χ1) is 10.7. The number of rotatable bonds is 7. The lowest BCUT2D eigenvalue weighted by atomic mass is 10.3. The van der Waals surface area contributed by atoms with E-state index in [4.69, 9.17) is 0 Å². The van der Waals surface area contributed by atoms with E-state index >= 15 is 0 Å². The van der Waals surface area contributed by atoms with Crippen molar-refractivity contribution in [2.24, 2.45) is 12.0 Å².